The average molecular weight is 500 g/mol. The lowest BCUT2D eigenvalue weighted by Crippen LogP contribution is -2.44. The van der Waals surface area contributed by atoms with Gasteiger partial charge in [0.05, 0.1) is 17.9 Å². The SMILES string of the molecule is COc1ccccc1CNC(=O)C1c2c(n(C)c3ccccc23)SCC(=O)N1c1ccc(C)c(C)c1. The van der Waals surface area contributed by atoms with Crippen molar-refractivity contribution in [3.05, 3.63) is 89.0 Å². The highest BCUT2D eigenvalue weighted by atomic mass is 32.2. The number of hydrogen-bond acceptors (Lipinski definition) is 4. The lowest BCUT2D eigenvalue weighted by Gasteiger charge is -2.30. The number of aromatic nitrogens is 1. The molecule has 0 saturated carbocycles. The predicted molar refractivity (Wildman–Crippen MR) is 145 cm³/mol. The Morgan fingerprint density at radius 3 is 2.58 bits per heavy atom. The summed E-state index contributed by atoms with van der Waals surface area (Å²) >= 11 is 1.49. The van der Waals surface area contributed by atoms with E-state index in [9.17, 15) is 9.59 Å². The highest BCUT2D eigenvalue weighted by Crippen LogP contribution is 2.43. The lowest BCUT2D eigenvalue weighted by molar-refractivity contribution is -0.125. The van der Waals surface area contributed by atoms with Gasteiger partial charge in [0.1, 0.15) is 11.8 Å². The van der Waals surface area contributed by atoms with Crippen LogP contribution in [-0.4, -0.2) is 29.2 Å². The summed E-state index contributed by atoms with van der Waals surface area (Å²) in [6.07, 6.45) is 0. The molecule has 0 bridgehead atoms. The maximum Gasteiger partial charge on any atom is 0.248 e. The number of amides is 2. The van der Waals surface area contributed by atoms with E-state index in [-0.39, 0.29) is 17.6 Å². The molecular formula is C29H29N3O3S. The van der Waals surface area contributed by atoms with Gasteiger partial charge in [-0.05, 0) is 49.2 Å². The zero-order valence-electron chi connectivity index (χ0n) is 20.9. The Bertz CT molecular complexity index is 1480. The summed E-state index contributed by atoms with van der Waals surface area (Å²) < 4.78 is 7.56. The van der Waals surface area contributed by atoms with Gasteiger partial charge in [0.2, 0.25) is 11.8 Å². The smallest absolute Gasteiger partial charge is 0.248 e. The van der Waals surface area contributed by atoms with E-state index in [1.54, 1.807) is 12.0 Å². The molecule has 3 aromatic carbocycles. The predicted octanol–water partition coefficient (Wildman–Crippen LogP) is 5.30. The van der Waals surface area contributed by atoms with E-state index < -0.39 is 6.04 Å². The number of carbonyl (C=O) groups is 2. The van der Waals surface area contributed by atoms with Crippen molar-refractivity contribution < 1.29 is 14.3 Å². The molecule has 0 aliphatic carbocycles. The minimum Gasteiger partial charge on any atom is -0.496 e. The van der Waals surface area contributed by atoms with Crippen LogP contribution in [0.2, 0.25) is 0 Å². The molecule has 0 saturated heterocycles. The monoisotopic (exact) mass is 499 g/mol. The Balaban J connectivity index is 1.65. The van der Waals surface area contributed by atoms with Crippen molar-refractivity contribution in [1.29, 1.82) is 0 Å². The fourth-order valence-electron chi connectivity index (χ4n) is 4.86. The van der Waals surface area contributed by atoms with Crippen LogP contribution >= 0.6 is 11.8 Å². The van der Waals surface area contributed by atoms with Crippen molar-refractivity contribution >= 4 is 40.2 Å². The molecule has 184 valence electrons. The summed E-state index contributed by atoms with van der Waals surface area (Å²) in [7, 11) is 3.61. The number of carbonyl (C=O) groups excluding carboxylic acids is 2. The van der Waals surface area contributed by atoms with E-state index in [0.717, 1.165) is 43.9 Å². The molecule has 4 aromatic rings. The molecule has 0 fully saturated rings. The fraction of sp³-hybridized carbons (Fsp3) is 0.241. The topological polar surface area (TPSA) is 63.6 Å². The Labute approximate surface area is 215 Å². The summed E-state index contributed by atoms with van der Waals surface area (Å²) in [4.78, 5) is 29.3. The van der Waals surface area contributed by atoms with Crippen molar-refractivity contribution in [2.24, 2.45) is 7.05 Å². The second-order valence-corrected chi connectivity index (χ2v) is 10.0. The average Bonchev–Trinajstić information content (AvgIpc) is 3.06. The molecular weight excluding hydrogens is 470 g/mol. The number of fused-ring (bicyclic) bond motifs is 3. The molecule has 2 heterocycles. The van der Waals surface area contributed by atoms with Crippen molar-refractivity contribution in [3.63, 3.8) is 0 Å². The molecule has 6 nitrogen and oxygen atoms in total. The van der Waals surface area contributed by atoms with Gasteiger partial charge in [-0.2, -0.15) is 0 Å². The first-order valence-corrected chi connectivity index (χ1v) is 12.9. The Morgan fingerprint density at radius 1 is 1.06 bits per heavy atom. The van der Waals surface area contributed by atoms with E-state index in [1.165, 1.54) is 11.8 Å². The van der Waals surface area contributed by atoms with Crippen molar-refractivity contribution in [2.75, 3.05) is 17.8 Å². The fourth-order valence-corrected chi connectivity index (χ4v) is 5.92. The molecule has 0 radical (unpaired) electrons. The quantitative estimate of drug-likeness (QED) is 0.405. The van der Waals surface area contributed by atoms with Gasteiger partial charge in [-0.15, -0.1) is 0 Å². The van der Waals surface area contributed by atoms with Crippen LogP contribution in [-0.2, 0) is 23.2 Å². The van der Waals surface area contributed by atoms with Crippen LogP contribution in [0.4, 0.5) is 5.69 Å². The molecule has 1 aliphatic rings. The zero-order chi connectivity index (χ0) is 25.4. The van der Waals surface area contributed by atoms with E-state index >= 15 is 0 Å². The zero-order valence-corrected chi connectivity index (χ0v) is 21.7. The number of nitrogens with one attached hydrogen (secondary N) is 1. The van der Waals surface area contributed by atoms with Crippen molar-refractivity contribution in [1.82, 2.24) is 9.88 Å². The lowest BCUT2D eigenvalue weighted by atomic mass is 10.0. The summed E-state index contributed by atoms with van der Waals surface area (Å²) in [5.74, 6) is 0.635. The largest absolute Gasteiger partial charge is 0.496 e. The molecule has 5 rings (SSSR count). The van der Waals surface area contributed by atoms with Gasteiger partial charge in [-0.1, -0.05) is 54.2 Å². The van der Waals surface area contributed by atoms with Gasteiger partial charge < -0.3 is 14.6 Å². The molecule has 7 heteroatoms. The molecule has 1 atom stereocenters. The molecule has 1 aliphatic heterocycles. The number of rotatable bonds is 5. The van der Waals surface area contributed by atoms with Crippen LogP contribution < -0.4 is 15.0 Å². The van der Waals surface area contributed by atoms with Gasteiger partial charge in [-0.25, -0.2) is 0 Å². The van der Waals surface area contributed by atoms with E-state index in [2.05, 4.69) is 16.0 Å². The number of aryl methyl sites for hydroxylation is 3. The molecule has 1 aromatic heterocycles. The third kappa shape index (κ3) is 4.13. The number of anilines is 1. The standard InChI is InChI=1S/C29H29N3O3S/c1-18-13-14-21(15-19(18)2)32-25(33)17-36-29-26(22-10-6-7-11-23(22)31(29)3)27(32)28(34)30-16-20-9-5-8-12-24(20)35-4/h5-15,27H,16-17H2,1-4H3,(H,30,34). The minimum absolute atomic E-state index is 0.0963. The normalized spacial score (nSPS) is 15.5. The first kappa shape index (κ1) is 24.0. The summed E-state index contributed by atoms with van der Waals surface area (Å²) in [5, 5.41) is 5.01. The molecule has 36 heavy (non-hydrogen) atoms. The molecule has 1 unspecified atom stereocenters. The van der Waals surface area contributed by atoms with E-state index in [1.807, 2.05) is 81.6 Å². The third-order valence-corrected chi connectivity index (χ3v) is 8.04. The van der Waals surface area contributed by atoms with Crippen LogP contribution in [0.5, 0.6) is 5.75 Å². The van der Waals surface area contributed by atoms with Gasteiger partial charge in [0, 0.05) is 41.3 Å². The van der Waals surface area contributed by atoms with E-state index in [0.29, 0.717) is 12.3 Å². The van der Waals surface area contributed by atoms with Crippen LogP contribution in [0, 0.1) is 13.8 Å². The van der Waals surface area contributed by atoms with Crippen LogP contribution in [0.25, 0.3) is 10.9 Å². The maximum atomic E-state index is 14.1. The van der Waals surface area contributed by atoms with Gasteiger partial charge in [0.25, 0.3) is 0 Å². The molecule has 0 spiro atoms. The first-order chi connectivity index (χ1) is 17.4. The second-order valence-electron chi connectivity index (χ2n) is 9.05. The number of benzene rings is 3. The third-order valence-electron chi connectivity index (χ3n) is 6.89. The van der Waals surface area contributed by atoms with Crippen molar-refractivity contribution in [3.8, 4) is 5.75 Å². The Kier molecular flexibility index (Phi) is 6.49. The summed E-state index contributed by atoms with van der Waals surface area (Å²) in [6.45, 7) is 4.36. The molecule has 1 N–H and O–H groups in total. The highest BCUT2D eigenvalue weighted by Gasteiger charge is 2.39. The number of thioether (sulfide) groups is 1. The number of ether oxygens (including phenoxy) is 1. The number of hydrogen-bond donors (Lipinski definition) is 1. The van der Waals surface area contributed by atoms with Gasteiger partial charge in [0.15, 0.2) is 0 Å². The first-order valence-electron chi connectivity index (χ1n) is 11.9. The second kappa shape index (κ2) is 9.74. The summed E-state index contributed by atoms with van der Waals surface area (Å²) in [5.41, 5.74) is 5.70. The molecule has 2 amide bonds. The minimum atomic E-state index is -0.814. The maximum absolute atomic E-state index is 14.1. The van der Waals surface area contributed by atoms with Gasteiger partial charge >= 0.3 is 0 Å². The number of nitrogens with zero attached hydrogens (tertiary/aromatic N) is 2. The van der Waals surface area contributed by atoms with E-state index in [4.69, 9.17) is 4.74 Å². The van der Waals surface area contributed by atoms with Gasteiger partial charge in [-0.3, -0.25) is 14.5 Å². The highest BCUT2D eigenvalue weighted by molar-refractivity contribution is 8.00. The van der Waals surface area contributed by atoms with Crippen LogP contribution in [0.15, 0.2) is 71.8 Å². The summed E-state index contributed by atoms with van der Waals surface area (Å²) in [6, 6.07) is 20.8. The van der Waals surface area contributed by atoms with Crippen LogP contribution in [0.3, 0.4) is 0 Å². The Morgan fingerprint density at radius 2 is 1.81 bits per heavy atom. The number of methoxy groups -OCH3 is 1. The number of para-hydroxylation sites is 2. The Hall–Kier alpha value is -3.71. The van der Waals surface area contributed by atoms with Crippen LogP contribution in [0.1, 0.15) is 28.3 Å². The van der Waals surface area contributed by atoms with Crippen molar-refractivity contribution in [2.45, 2.75) is 31.5 Å².